The third kappa shape index (κ3) is 4.29. The molecule has 1 N–H and O–H groups in total. The van der Waals surface area contributed by atoms with Crippen LogP contribution in [0.25, 0.3) is 0 Å². The standard InChI is InChI=1S/C26H19F5O3S2/c1-16-13-14-20(17(2)15-16)35(18-9-5-3-6-10-18,19-11-7-4-8-12-19)34-36(32,33)26-24(30)22(28)21(27)23(29)25(26)31/h3-15H,1-2H3/p+1. The minimum Gasteiger partial charge on any atom is -0.258 e. The predicted octanol–water partition coefficient (Wildman–Crippen LogP) is 7.68. The Morgan fingerprint density at radius 3 is 1.50 bits per heavy atom. The Hall–Kier alpha value is -3.21. The Morgan fingerprint density at radius 1 is 0.611 bits per heavy atom. The van der Waals surface area contributed by atoms with E-state index < -0.39 is 54.4 Å². The molecule has 4 aromatic rings. The van der Waals surface area contributed by atoms with Crippen LogP contribution in [0, 0.1) is 42.9 Å². The molecule has 0 atom stereocenters. The smallest absolute Gasteiger partial charge is 0.258 e. The summed E-state index contributed by atoms with van der Waals surface area (Å²) in [4.78, 5) is -0.795. The quantitative estimate of drug-likeness (QED) is 0.0830. The van der Waals surface area contributed by atoms with Crippen molar-refractivity contribution in [3.63, 3.8) is 0 Å². The van der Waals surface area contributed by atoms with Gasteiger partial charge in [0.2, 0.25) is 10.7 Å². The predicted molar refractivity (Wildman–Crippen MR) is 127 cm³/mol. The van der Waals surface area contributed by atoms with E-state index in [0.717, 1.165) is 5.56 Å². The fourth-order valence-corrected chi connectivity index (χ4v) is 9.67. The monoisotopic (exact) mass is 539 g/mol. The van der Waals surface area contributed by atoms with Gasteiger partial charge in [0, 0.05) is 0 Å². The summed E-state index contributed by atoms with van der Waals surface area (Å²) in [6, 6.07) is 21.6. The molecule has 0 aliphatic rings. The molecule has 0 amide bonds. The first-order valence-electron chi connectivity index (χ1n) is 10.5. The first kappa shape index (κ1) is 25.9. The minimum atomic E-state index is -5.45. The van der Waals surface area contributed by atoms with E-state index in [9.17, 15) is 30.4 Å². The van der Waals surface area contributed by atoms with Crippen molar-refractivity contribution in [1.29, 1.82) is 0 Å². The molecule has 4 aromatic carbocycles. The van der Waals surface area contributed by atoms with E-state index >= 15 is 0 Å². The van der Waals surface area contributed by atoms with Crippen molar-refractivity contribution >= 4 is 20.4 Å². The van der Waals surface area contributed by atoms with Crippen molar-refractivity contribution < 1.29 is 34.0 Å². The van der Waals surface area contributed by atoms with E-state index in [1.807, 2.05) is 6.92 Å². The Labute approximate surface area is 206 Å². The van der Waals surface area contributed by atoms with Gasteiger partial charge >= 0.3 is 10.1 Å². The summed E-state index contributed by atoms with van der Waals surface area (Å²) >= 11 is 0. The van der Waals surface area contributed by atoms with Crippen molar-refractivity contribution in [3.05, 3.63) is 119 Å². The molecule has 3 nitrogen and oxygen atoms in total. The zero-order chi connectivity index (χ0) is 26.3. The molecule has 0 aromatic heterocycles. The van der Waals surface area contributed by atoms with Gasteiger partial charge in [-0.05, 0) is 49.7 Å². The Bertz CT molecular complexity index is 1470. The van der Waals surface area contributed by atoms with Gasteiger partial charge in [-0.25, -0.2) is 22.0 Å². The van der Waals surface area contributed by atoms with Crippen LogP contribution < -0.4 is 0 Å². The highest BCUT2D eigenvalue weighted by atomic mass is 32.3. The lowest BCUT2D eigenvalue weighted by Crippen LogP contribution is -2.22. The van der Waals surface area contributed by atoms with Crippen molar-refractivity contribution in [2.24, 2.45) is 0 Å². The van der Waals surface area contributed by atoms with Crippen LogP contribution in [-0.2, 0) is 10.1 Å². The SMILES string of the molecule is Cc1ccc(S([OH+]S(=O)(=O)c2c(F)c(F)c(F)c(F)c2F)(c2ccccc2)c2ccccc2)c(C)c1. The number of hydrogen-bond donors (Lipinski definition) is 0. The maximum absolute atomic E-state index is 14.7. The van der Waals surface area contributed by atoms with Crippen LogP contribution in [0.4, 0.5) is 22.0 Å². The van der Waals surface area contributed by atoms with Gasteiger partial charge < -0.3 is 0 Å². The molecular weight excluding hydrogens is 519 g/mol. The molecule has 4 rings (SSSR count). The third-order valence-electron chi connectivity index (χ3n) is 5.45. The normalized spacial score (nSPS) is 12.5. The highest BCUT2D eigenvalue weighted by Crippen LogP contribution is 2.69. The van der Waals surface area contributed by atoms with E-state index in [4.69, 9.17) is 0 Å². The largest absolute Gasteiger partial charge is 0.428 e. The van der Waals surface area contributed by atoms with E-state index in [0.29, 0.717) is 20.2 Å². The zero-order valence-corrected chi connectivity index (χ0v) is 20.6. The van der Waals surface area contributed by atoms with Gasteiger partial charge in [0.05, 0.1) is 25.0 Å². The Balaban J connectivity index is 2.11. The van der Waals surface area contributed by atoms with Crippen molar-refractivity contribution in [2.45, 2.75) is 33.4 Å². The van der Waals surface area contributed by atoms with Crippen LogP contribution in [0.2, 0.25) is 0 Å². The molecule has 0 spiro atoms. The highest BCUT2D eigenvalue weighted by molar-refractivity contribution is 8.32. The van der Waals surface area contributed by atoms with Crippen molar-refractivity contribution in [1.82, 2.24) is 0 Å². The van der Waals surface area contributed by atoms with Crippen molar-refractivity contribution in [3.8, 4) is 0 Å². The molecule has 0 saturated heterocycles. The fourth-order valence-electron chi connectivity index (χ4n) is 3.88. The molecule has 10 heteroatoms. The van der Waals surface area contributed by atoms with Gasteiger partial charge in [-0.1, -0.05) is 54.1 Å². The molecule has 0 aliphatic heterocycles. The number of halogens is 5. The maximum Gasteiger partial charge on any atom is 0.428 e. The van der Waals surface area contributed by atoms with E-state index in [2.05, 4.69) is 3.63 Å². The highest BCUT2D eigenvalue weighted by Gasteiger charge is 2.47. The Morgan fingerprint density at radius 2 is 1.06 bits per heavy atom. The molecule has 0 radical (unpaired) electrons. The van der Waals surface area contributed by atoms with Gasteiger partial charge in [0.25, 0.3) is 0 Å². The average Bonchev–Trinajstić information content (AvgIpc) is 2.86. The molecule has 36 heavy (non-hydrogen) atoms. The number of rotatable bonds is 6. The summed E-state index contributed by atoms with van der Waals surface area (Å²) in [5.74, 6) is -12.1. The summed E-state index contributed by atoms with van der Waals surface area (Å²) in [5.41, 5.74) is 1.50. The molecule has 0 unspecified atom stereocenters. The first-order valence-corrected chi connectivity index (χ1v) is 13.5. The number of aryl methyl sites for hydroxylation is 2. The molecule has 0 bridgehead atoms. The lowest BCUT2D eigenvalue weighted by Gasteiger charge is -2.36. The lowest BCUT2D eigenvalue weighted by atomic mass is 10.2. The summed E-state index contributed by atoms with van der Waals surface area (Å²) in [6.45, 7) is 3.57. The van der Waals surface area contributed by atoms with Crippen molar-refractivity contribution in [2.75, 3.05) is 0 Å². The van der Waals surface area contributed by atoms with E-state index in [1.54, 1.807) is 85.8 Å². The number of benzene rings is 4. The Kier molecular flexibility index (Phi) is 6.96. The van der Waals surface area contributed by atoms with Crippen LogP contribution in [0.3, 0.4) is 0 Å². The van der Waals surface area contributed by atoms with E-state index in [1.165, 1.54) is 0 Å². The third-order valence-corrected chi connectivity index (χ3v) is 11.0. The van der Waals surface area contributed by atoms with Crippen LogP contribution in [0.5, 0.6) is 0 Å². The average molecular weight is 540 g/mol. The van der Waals surface area contributed by atoms with Gasteiger partial charge in [0.1, 0.15) is 0 Å². The second kappa shape index (κ2) is 9.68. The lowest BCUT2D eigenvalue weighted by molar-refractivity contribution is 0.338. The number of hydrogen-bond acceptors (Lipinski definition) is 2. The molecule has 0 heterocycles. The van der Waals surface area contributed by atoms with Crippen LogP contribution in [-0.4, -0.2) is 12.0 Å². The van der Waals surface area contributed by atoms with Crippen LogP contribution >= 0.6 is 10.3 Å². The summed E-state index contributed by atoms with van der Waals surface area (Å²) < 4.78 is 102. The summed E-state index contributed by atoms with van der Waals surface area (Å²) in [6.07, 6.45) is 0. The topological polar surface area (TPSA) is 46.9 Å². The summed E-state index contributed by atoms with van der Waals surface area (Å²) in [5, 5.41) is 0. The van der Waals surface area contributed by atoms with Crippen LogP contribution in [0.15, 0.2) is 98.4 Å². The van der Waals surface area contributed by atoms with Gasteiger partial charge in [-0.2, -0.15) is 0 Å². The van der Waals surface area contributed by atoms with Gasteiger partial charge in [-0.3, -0.25) is 3.63 Å². The van der Waals surface area contributed by atoms with Crippen LogP contribution in [0.1, 0.15) is 11.1 Å². The minimum absolute atomic E-state index is 0.385. The molecule has 0 saturated carbocycles. The molecular formula is C26H20F5O3S2+. The van der Waals surface area contributed by atoms with Gasteiger partial charge in [-0.15, -0.1) is 8.42 Å². The second-order valence-electron chi connectivity index (χ2n) is 7.92. The molecule has 0 fully saturated rings. The van der Waals surface area contributed by atoms with E-state index in [-0.39, 0.29) is 0 Å². The zero-order valence-electron chi connectivity index (χ0n) is 19.0. The summed E-state index contributed by atoms with van der Waals surface area (Å²) in [7, 11) is -8.64. The molecule has 188 valence electrons. The second-order valence-corrected chi connectivity index (χ2v) is 12.4. The maximum atomic E-state index is 14.7. The van der Waals surface area contributed by atoms with Gasteiger partial charge in [0.15, 0.2) is 23.3 Å². The molecule has 0 aliphatic carbocycles. The first-order chi connectivity index (χ1) is 17.0. The fraction of sp³-hybridized carbons (Fsp3) is 0.0769.